The average molecular weight is 349 g/mol. The molecule has 2 saturated heterocycles. The Labute approximate surface area is 146 Å². The number of nitrogens with zero attached hydrogens (tertiary/aromatic N) is 5. The Balaban J connectivity index is 0.00000169. The number of carbonyl (C=O) groups is 1. The molecular weight excluding hydrogens is 328 g/mol. The summed E-state index contributed by atoms with van der Waals surface area (Å²) in [7, 11) is 0. The van der Waals surface area contributed by atoms with Gasteiger partial charge in [-0.1, -0.05) is 12.1 Å². The second kappa shape index (κ2) is 7.27. The van der Waals surface area contributed by atoms with Gasteiger partial charge in [0.25, 0.3) is 5.91 Å². The van der Waals surface area contributed by atoms with E-state index in [-0.39, 0.29) is 18.3 Å². The second-order valence-corrected chi connectivity index (χ2v) is 6.32. The van der Waals surface area contributed by atoms with E-state index in [1.54, 1.807) is 4.68 Å². The first-order chi connectivity index (χ1) is 11.3. The van der Waals surface area contributed by atoms with E-state index in [9.17, 15) is 4.79 Å². The highest BCUT2D eigenvalue weighted by atomic mass is 35.5. The molecule has 0 aliphatic carbocycles. The van der Waals surface area contributed by atoms with E-state index in [1.807, 2.05) is 29.2 Å². The summed E-state index contributed by atoms with van der Waals surface area (Å²) in [5, 5.41) is 14.7. The number of likely N-dealkylation sites (tertiary alicyclic amines) is 1. The average Bonchev–Trinajstić information content (AvgIpc) is 3.23. The minimum absolute atomic E-state index is 0. The predicted molar refractivity (Wildman–Crippen MR) is 91.4 cm³/mol. The Morgan fingerprint density at radius 3 is 2.50 bits per heavy atom. The molecule has 1 aromatic carbocycles. The van der Waals surface area contributed by atoms with E-state index in [0.29, 0.717) is 17.4 Å². The Morgan fingerprint density at radius 1 is 1.12 bits per heavy atom. The molecule has 1 aromatic heterocycles. The SMILES string of the molecule is Cl.O=C(c1ccccc1-n1cnnn1)N1CC[C@@H]2CNC[C@@H]2CC1. The van der Waals surface area contributed by atoms with Crippen molar-refractivity contribution < 1.29 is 4.79 Å². The highest BCUT2D eigenvalue weighted by Crippen LogP contribution is 2.28. The smallest absolute Gasteiger partial charge is 0.256 e. The number of rotatable bonds is 2. The summed E-state index contributed by atoms with van der Waals surface area (Å²) in [6.45, 7) is 3.83. The number of halogens is 1. The van der Waals surface area contributed by atoms with Gasteiger partial charge in [-0.15, -0.1) is 17.5 Å². The second-order valence-electron chi connectivity index (χ2n) is 6.32. The number of aromatic nitrogens is 4. The van der Waals surface area contributed by atoms with Crippen LogP contribution < -0.4 is 5.32 Å². The van der Waals surface area contributed by atoms with E-state index in [0.717, 1.165) is 44.7 Å². The molecular formula is C16H21ClN6O. The standard InChI is InChI=1S/C16H20N6O.ClH/c23-16(21-7-5-12-9-17-10-13(12)6-8-21)14-3-1-2-4-15(14)22-11-18-19-20-22;/h1-4,11-13,17H,5-10H2;1H/t12-,13+;. The molecule has 8 heteroatoms. The molecule has 2 aliphatic heterocycles. The van der Waals surface area contributed by atoms with Gasteiger partial charge in [0.1, 0.15) is 6.33 Å². The van der Waals surface area contributed by atoms with Gasteiger partial charge in [0.15, 0.2) is 0 Å². The fraction of sp³-hybridized carbons (Fsp3) is 0.500. The number of amides is 1. The summed E-state index contributed by atoms with van der Waals surface area (Å²) in [6, 6.07) is 7.51. The molecule has 1 N–H and O–H groups in total. The molecule has 2 atom stereocenters. The van der Waals surface area contributed by atoms with E-state index >= 15 is 0 Å². The molecule has 1 amide bonds. The number of para-hydroxylation sites is 1. The molecule has 2 aliphatic rings. The van der Waals surface area contributed by atoms with Crippen LogP contribution in [-0.2, 0) is 0 Å². The van der Waals surface area contributed by atoms with Crippen LogP contribution in [0.2, 0.25) is 0 Å². The molecule has 24 heavy (non-hydrogen) atoms. The lowest BCUT2D eigenvalue weighted by atomic mass is 9.92. The van der Waals surface area contributed by atoms with Crippen LogP contribution in [0.4, 0.5) is 0 Å². The molecule has 0 spiro atoms. The van der Waals surface area contributed by atoms with Crippen molar-refractivity contribution in [1.29, 1.82) is 0 Å². The number of benzene rings is 1. The van der Waals surface area contributed by atoms with Gasteiger partial charge in [-0.25, -0.2) is 0 Å². The first kappa shape index (κ1) is 16.9. The van der Waals surface area contributed by atoms with Crippen molar-refractivity contribution >= 4 is 18.3 Å². The summed E-state index contributed by atoms with van der Waals surface area (Å²) < 4.78 is 1.55. The Kier molecular flexibility index (Phi) is 5.11. The van der Waals surface area contributed by atoms with Crippen molar-refractivity contribution in [3.05, 3.63) is 36.2 Å². The number of hydrogen-bond donors (Lipinski definition) is 1. The first-order valence-corrected chi connectivity index (χ1v) is 8.15. The fourth-order valence-corrected chi connectivity index (χ4v) is 3.72. The van der Waals surface area contributed by atoms with Crippen LogP contribution in [0, 0.1) is 11.8 Å². The summed E-state index contributed by atoms with van der Waals surface area (Å²) in [6.07, 6.45) is 3.68. The van der Waals surface area contributed by atoms with Crippen molar-refractivity contribution in [3.63, 3.8) is 0 Å². The Morgan fingerprint density at radius 2 is 1.83 bits per heavy atom. The molecule has 3 heterocycles. The molecule has 0 unspecified atom stereocenters. The van der Waals surface area contributed by atoms with E-state index in [1.165, 1.54) is 6.33 Å². The maximum absolute atomic E-state index is 13.0. The minimum Gasteiger partial charge on any atom is -0.339 e. The predicted octanol–water partition coefficient (Wildman–Crippen LogP) is 1.16. The first-order valence-electron chi connectivity index (χ1n) is 8.15. The van der Waals surface area contributed by atoms with Crippen LogP contribution in [0.1, 0.15) is 23.2 Å². The highest BCUT2D eigenvalue weighted by molar-refractivity contribution is 5.97. The van der Waals surface area contributed by atoms with Gasteiger partial charge in [-0.3, -0.25) is 4.79 Å². The molecule has 0 saturated carbocycles. The van der Waals surface area contributed by atoms with Gasteiger partial charge < -0.3 is 10.2 Å². The summed E-state index contributed by atoms with van der Waals surface area (Å²) in [5.74, 6) is 1.49. The topological polar surface area (TPSA) is 75.9 Å². The number of fused-ring (bicyclic) bond motifs is 1. The van der Waals surface area contributed by atoms with Crippen molar-refractivity contribution in [2.75, 3.05) is 26.2 Å². The number of nitrogens with one attached hydrogen (secondary N) is 1. The lowest BCUT2D eigenvalue weighted by Gasteiger charge is -2.22. The Hall–Kier alpha value is -1.99. The summed E-state index contributed by atoms with van der Waals surface area (Å²) in [4.78, 5) is 15.0. The maximum atomic E-state index is 13.0. The largest absolute Gasteiger partial charge is 0.339 e. The molecule has 7 nitrogen and oxygen atoms in total. The minimum atomic E-state index is 0. The van der Waals surface area contributed by atoms with Crippen LogP contribution in [0.3, 0.4) is 0 Å². The third kappa shape index (κ3) is 3.14. The van der Waals surface area contributed by atoms with Crippen LogP contribution in [-0.4, -0.2) is 57.2 Å². The van der Waals surface area contributed by atoms with Gasteiger partial charge in [0.05, 0.1) is 11.3 Å². The van der Waals surface area contributed by atoms with Crippen LogP contribution in [0.15, 0.2) is 30.6 Å². The number of hydrogen-bond acceptors (Lipinski definition) is 5. The quantitative estimate of drug-likeness (QED) is 0.881. The van der Waals surface area contributed by atoms with E-state index in [2.05, 4.69) is 20.8 Å². The Bertz CT molecular complexity index is 678. The molecule has 2 aromatic rings. The van der Waals surface area contributed by atoms with Crippen LogP contribution >= 0.6 is 12.4 Å². The van der Waals surface area contributed by atoms with Crippen molar-refractivity contribution in [3.8, 4) is 5.69 Å². The van der Waals surface area contributed by atoms with Gasteiger partial charge in [-0.05, 0) is 60.3 Å². The molecule has 128 valence electrons. The zero-order chi connectivity index (χ0) is 15.6. The fourth-order valence-electron chi connectivity index (χ4n) is 3.72. The van der Waals surface area contributed by atoms with Crippen LogP contribution in [0.5, 0.6) is 0 Å². The molecule has 4 rings (SSSR count). The monoisotopic (exact) mass is 348 g/mol. The molecule has 2 fully saturated rings. The maximum Gasteiger partial charge on any atom is 0.256 e. The zero-order valence-electron chi connectivity index (χ0n) is 13.3. The van der Waals surface area contributed by atoms with Gasteiger partial charge in [0, 0.05) is 13.1 Å². The lowest BCUT2D eigenvalue weighted by molar-refractivity contribution is 0.0758. The van der Waals surface area contributed by atoms with Crippen molar-refractivity contribution in [2.45, 2.75) is 12.8 Å². The third-order valence-corrected chi connectivity index (χ3v) is 5.04. The third-order valence-electron chi connectivity index (χ3n) is 5.04. The number of carbonyl (C=O) groups excluding carboxylic acids is 1. The molecule has 0 bridgehead atoms. The van der Waals surface area contributed by atoms with Gasteiger partial charge >= 0.3 is 0 Å². The van der Waals surface area contributed by atoms with Gasteiger partial charge in [0.2, 0.25) is 0 Å². The van der Waals surface area contributed by atoms with E-state index < -0.39 is 0 Å². The van der Waals surface area contributed by atoms with Gasteiger partial charge in [-0.2, -0.15) is 4.68 Å². The summed E-state index contributed by atoms with van der Waals surface area (Å²) >= 11 is 0. The highest BCUT2D eigenvalue weighted by Gasteiger charge is 2.32. The lowest BCUT2D eigenvalue weighted by Crippen LogP contribution is -2.33. The van der Waals surface area contributed by atoms with Crippen molar-refractivity contribution in [2.24, 2.45) is 11.8 Å². The zero-order valence-corrected chi connectivity index (χ0v) is 14.2. The number of tetrazole rings is 1. The normalized spacial score (nSPS) is 23.2. The molecule has 0 radical (unpaired) electrons. The van der Waals surface area contributed by atoms with Crippen molar-refractivity contribution in [1.82, 2.24) is 30.4 Å². The van der Waals surface area contributed by atoms with Crippen LogP contribution in [0.25, 0.3) is 5.69 Å². The summed E-state index contributed by atoms with van der Waals surface area (Å²) in [5.41, 5.74) is 1.39. The van der Waals surface area contributed by atoms with E-state index in [4.69, 9.17) is 0 Å².